The Kier molecular flexibility index (Phi) is 6.18. The quantitative estimate of drug-likeness (QED) is 0.432. The lowest BCUT2D eigenvalue weighted by atomic mass is 9.99. The van der Waals surface area contributed by atoms with Gasteiger partial charge in [-0.05, 0) is 31.0 Å². The van der Waals surface area contributed by atoms with Gasteiger partial charge in [-0.1, -0.05) is 26.0 Å². The molecule has 1 aromatic carbocycles. The van der Waals surface area contributed by atoms with Gasteiger partial charge in [0.1, 0.15) is 12.1 Å². The molecule has 1 aliphatic rings. The predicted molar refractivity (Wildman–Crippen MR) is 139 cm³/mol. The monoisotopic (exact) mass is 483 g/mol. The maximum Gasteiger partial charge on any atom is 0.254 e. The Morgan fingerprint density at radius 3 is 2.69 bits per heavy atom. The van der Waals surface area contributed by atoms with Gasteiger partial charge in [0.05, 0.1) is 29.0 Å². The van der Waals surface area contributed by atoms with Crippen LogP contribution in [0.25, 0.3) is 21.9 Å². The molecular formula is C27H29N7O2. The first-order valence-electron chi connectivity index (χ1n) is 12.3. The first kappa shape index (κ1) is 23.5. The lowest BCUT2D eigenvalue weighted by Crippen LogP contribution is -2.60. The van der Waals surface area contributed by atoms with Crippen LogP contribution < -0.4 is 10.5 Å². The van der Waals surface area contributed by atoms with Crippen molar-refractivity contribution in [1.82, 2.24) is 24.2 Å². The highest BCUT2D eigenvalue weighted by Gasteiger charge is 2.36. The number of carbonyl (C=O) groups is 1. The number of piperazine rings is 1. The van der Waals surface area contributed by atoms with Crippen LogP contribution in [-0.2, 0) is 13.6 Å². The van der Waals surface area contributed by atoms with Gasteiger partial charge >= 0.3 is 0 Å². The van der Waals surface area contributed by atoms with Crippen molar-refractivity contribution in [3.05, 3.63) is 64.7 Å². The number of hydrogen-bond acceptors (Lipinski definition) is 6. The van der Waals surface area contributed by atoms with Crippen LogP contribution in [0.1, 0.15) is 37.0 Å². The molecule has 184 valence electrons. The van der Waals surface area contributed by atoms with E-state index in [1.165, 1.54) is 0 Å². The van der Waals surface area contributed by atoms with E-state index in [9.17, 15) is 9.59 Å². The molecule has 4 aromatic rings. The lowest BCUT2D eigenvalue weighted by molar-refractivity contribution is 0.0611. The van der Waals surface area contributed by atoms with Crippen molar-refractivity contribution in [2.24, 2.45) is 7.05 Å². The predicted octanol–water partition coefficient (Wildman–Crippen LogP) is 3.33. The number of carbonyl (C=O) groups excluding carboxylic acids is 1. The number of nitriles is 1. The zero-order valence-corrected chi connectivity index (χ0v) is 20.8. The van der Waals surface area contributed by atoms with Crippen molar-refractivity contribution in [3.63, 3.8) is 0 Å². The second-order valence-corrected chi connectivity index (χ2v) is 9.29. The number of anilines is 1. The van der Waals surface area contributed by atoms with E-state index in [1.807, 2.05) is 35.2 Å². The molecule has 0 radical (unpaired) electrons. The molecule has 9 heteroatoms. The van der Waals surface area contributed by atoms with Gasteiger partial charge in [0.2, 0.25) is 0 Å². The summed E-state index contributed by atoms with van der Waals surface area (Å²) in [6, 6.07) is 13.3. The van der Waals surface area contributed by atoms with Crippen LogP contribution in [0.15, 0.2) is 53.6 Å². The van der Waals surface area contributed by atoms with Crippen LogP contribution in [0.3, 0.4) is 0 Å². The van der Waals surface area contributed by atoms with Crippen LogP contribution in [0, 0.1) is 11.3 Å². The average Bonchev–Trinajstić information content (AvgIpc) is 3.33. The number of amides is 1. The molecule has 4 heterocycles. The summed E-state index contributed by atoms with van der Waals surface area (Å²) in [5.74, 6) is -0.0000707. The van der Waals surface area contributed by atoms with Crippen molar-refractivity contribution < 1.29 is 4.79 Å². The molecule has 0 aliphatic carbocycles. The van der Waals surface area contributed by atoms with E-state index in [2.05, 4.69) is 34.9 Å². The van der Waals surface area contributed by atoms with Gasteiger partial charge in [0, 0.05) is 55.4 Å². The molecule has 5 rings (SSSR count). The van der Waals surface area contributed by atoms with Crippen LogP contribution in [0.5, 0.6) is 0 Å². The largest absolute Gasteiger partial charge is 0.363 e. The molecule has 36 heavy (non-hydrogen) atoms. The van der Waals surface area contributed by atoms with E-state index < -0.39 is 0 Å². The Balaban J connectivity index is 1.51. The third-order valence-corrected chi connectivity index (χ3v) is 7.23. The van der Waals surface area contributed by atoms with E-state index in [4.69, 9.17) is 5.26 Å². The lowest BCUT2D eigenvalue weighted by Gasteiger charge is -2.47. The molecule has 2 atom stereocenters. The summed E-state index contributed by atoms with van der Waals surface area (Å²) < 4.78 is 3.13. The first-order chi connectivity index (χ1) is 17.4. The van der Waals surface area contributed by atoms with Crippen LogP contribution in [0.4, 0.5) is 5.69 Å². The molecule has 1 aliphatic heterocycles. The molecule has 0 unspecified atom stereocenters. The number of aromatic nitrogens is 4. The molecule has 1 amide bonds. The van der Waals surface area contributed by atoms with Crippen molar-refractivity contribution in [3.8, 4) is 6.07 Å². The first-order valence-corrected chi connectivity index (χ1v) is 12.3. The minimum absolute atomic E-state index is 0.0000707. The van der Waals surface area contributed by atoms with Crippen LogP contribution in [0.2, 0.25) is 0 Å². The Hall–Kier alpha value is -4.19. The summed E-state index contributed by atoms with van der Waals surface area (Å²) in [6.45, 7) is 5.43. The van der Waals surface area contributed by atoms with Gasteiger partial charge < -0.3 is 14.4 Å². The molecule has 9 nitrogen and oxygen atoms in total. The van der Waals surface area contributed by atoms with E-state index in [-0.39, 0.29) is 30.1 Å². The van der Waals surface area contributed by atoms with Crippen molar-refractivity contribution >= 4 is 33.5 Å². The Labute approximate surface area is 209 Å². The average molecular weight is 484 g/mol. The highest BCUT2D eigenvalue weighted by molar-refractivity contribution is 5.98. The van der Waals surface area contributed by atoms with E-state index in [1.54, 1.807) is 34.8 Å². The number of fused-ring (bicyclic) bond motifs is 2. The number of nitrogens with zero attached hydrogens (tertiary/aromatic N) is 7. The van der Waals surface area contributed by atoms with Crippen molar-refractivity contribution in [2.45, 2.75) is 45.3 Å². The topological polar surface area (TPSA) is 100 Å². The number of benzene rings is 1. The number of pyridine rings is 2. The highest BCUT2D eigenvalue weighted by Crippen LogP contribution is 2.31. The molecular weight excluding hydrogens is 454 g/mol. The summed E-state index contributed by atoms with van der Waals surface area (Å²) in [5.41, 5.74) is 3.46. The Morgan fingerprint density at radius 2 is 1.94 bits per heavy atom. The van der Waals surface area contributed by atoms with Gasteiger partial charge in [-0.2, -0.15) is 10.4 Å². The van der Waals surface area contributed by atoms with Crippen LogP contribution in [-0.4, -0.2) is 55.3 Å². The molecule has 1 fully saturated rings. The Morgan fingerprint density at radius 1 is 1.14 bits per heavy atom. The van der Waals surface area contributed by atoms with Crippen LogP contribution >= 0.6 is 0 Å². The Bertz CT molecular complexity index is 1550. The van der Waals surface area contributed by atoms with Crippen molar-refractivity contribution in [2.75, 3.05) is 18.0 Å². The molecule has 0 N–H and O–H groups in total. The third-order valence-electron chi connectivity index (χ3n) is 7.23. The zero-order chi connectivity index (χ0) is 25.4. The maximum absolute atomic E-state index is 13.7. The van der Waals surface area contributed by atoms with E-state index in [0.717, 1.165) is 29.4 Å². The summed E-state index contributed by atoms with van der Waals surface area (Å²) in [7, 11) is 1.72. The smallest absolute Gasteiger partial charge is 0.254 e. The second-order valence-electron chi connectivity index (χ2n) is 9.29. The van der Waals surface area contributed by atoms with Crippen molar-refractivity contribution in [1.29, 1.82) is 5.26 Å². The standard InChI is InChI=1S/C27H29N7O2/c1-4-20-16-34(27(36)19-9-8-18-7-6-11-29-22(18)13-19)21(5-2)15-33(20)23-14-25(35)31(3)24-17-32(12-10-28)30-26(23)24/h6-9,11,13-14,17,20-21H,4-5,12,15-16H2,1-3H3/t20-,21+/m0/s1. The van der Waals surface area contributed by atoms with E-state index in [0.29, 0.717) is 29.7 Å². The van der Waals surface area contributed by atoms with Gasteiger partial charge in [-0.3, -0.25) is 19.3 Å². The van der Waals surface area contributed by atoms with Gasteiger partial charge in [-0.15, -0.1) is 0 Å². The SMILES string of the molecule is CC[C@@H]1CN(c2cc(=O)n(C)c3cn(CC#N)nc23)[C@@H](CC)CN1C(=O)c1ccc2cccnc2c1. The molecule has 3 aromatic heterocycles. The number of rotatable bonds is 5. The van der Waals surface area contributed by atoms with Gasteiger partial charge in [0.15, 0.2) is 0 Å². The fraction of sp³-hybridized carbons (Fsp3) is 0.370. The summed E-state index contributed by atoms with van der Waals surface area (Å²) >= 11 is 0. The normalized spacial score (nSPS) is 18.1. The second kappa shape index (κ2) is 9.46. The van der Waals surface area contributed by atoms with Gasteiger partial charge in [0.25, 0.3) is 11.5 Å². The summed E-state index contributed by atoms with van der Waals surface area (Å²) in [5, 5.41) is 14.8. The minimum Gasteiger partial charge on any atom is -0.363 e. The van der Waals surface area contributed by atoms with E-state index >= 15 is 0 Å². The van der Waals surface area contributed by atoms with Gasteiger partial charge in [-0.25, -0.2) is 0 Å². The fourth-order valence-electron chi connectivity index (χ4n) is 5.17. The minimum atomic E-state index is -0.126. The maximum atomic E-state index is 13.7. The molecule has 0 saturated carbocycles. The molecule has 0 spiro atoms. The molecule has 1 saturated heterocycles. The number of aryl methyl sites for hydroxylation is 1. The molecule has 0 bridgehead atoms. The number of hydrogen-bond donors (Lipinski definition) is 0. The fourth-order valence-corrected chi connectivity index (χ4v) is 5.17. The third kappa shape index (κ3) is 3.98. The highest BCUT2D eigenvalue weighted by atomic mass is 16.2. The summed E-state index contributed by atoms with van der Waals surface area (Å²) in [4.78, 5) is 35.1. The summed E-state index contributed by atoms with van der Waals surface area (Å²) in [6.07, 6.45) is 5.06. The zero-order valence-electron chi connectivity index (χ0n) is 20.8.